The minimum atomic E-state index is -0.387. The monoisotopic (exact) mass is 327 g/mol. The Balaban J connectivity index is 1.73. The summed E-state index contributed by atoms with van der Waals surface area (Å²) in [7, 11) is 0. The van der Waals surface area contributed by atoms with Crippen LogP contribution in [0.1, 0.15) is 50.0 Å². The van der Waals surface area contributed by atoms with Crippen LogP contribution in [-0.4, -0.2) is 17.1 Å². The Kier molecular flexibility index (Phi) is 5.30. The van der Waals surface area contributed by atoms with E-state index in [1.165, 1.54) is 12.8 Å². The molecule has 0 radical (unpaired) electrons. The lowest BCUT2D eigenvalue weighted by Crippen LogP contribution is -2.41. The summed E-state index contributed by atoms with van der Waals surface area (Å²) in [4.78, 5) is 12.8. The van der Waals surface area contributed by atoms with Crippen molar-refractivity contribution in [2.75, 3.05) is 5.32 Å². The standard InChI is InChI=1S/C19H25N3O2/c1-13-8-10-16(11-9-13)20-18(15-6-4-3-5-7-15)19(23)21-17-12-14(2)24-22-17/h3-7,12-13,16,18,20H,8-11H2,1-2H3,(H,21,22,23)/t13?,16?,18-/m0/s1. The van der Waals surface area contributed by atoms with E-state index in [0.717, 1.165) is 24.3 Å². The molecule has 0 saturated heterocycles. The second-order valence-corrected chi connectivity index (χ2v) is 6.78. The third-order valence-corrected chi connectivity index (χ3v) is 4.69. The van der Waals surface area contributed by atoms with Crippen LogP contribution in [0.4, 0.5) is 5.82 Å². The topological polar surface area (TPSA) is 67.2 Å². The Bertz CT molecular complexity index is 660. The van der Waals surface area contributed by atoms with E-state index in [2.05, 4.69) is 22.7 Å². The van der Waals surface area contributed by atoms with Crippen LogP contribution in [0.15, 0.2) is 40.9 Å². The highest BCUT2D eigenvalue weighted by Crippen LogP contribution is 2.26. The number of aromatic nitrogens is 1. The first-order valence-electron chi connectivity index (χ1n) is 8.67. The zero-order chi connectivity index (χ0) is 16.9. The zero-order valence-corrected chi connectivity index (χ0v) is 14.3. The summed E-state index contributed by atoms with van der Waals surface area (Å²) in [6, 6.07) is 11.6. The molecule has 2 N–H and O–H groups in total. The van der Waals surface area contributed by atoms with Crippen LogP contribution < -0.4 is 10.6 Å². The van der Waals surface area contributed by atoms with Gasteiger partial charge in [0.25, 0.3) is 0 Å². The van der Waals surface area contributed by atoms with Crippen LogP contribution >= 0.6 is 0 Å². The summed E-state index contributed by atoms with van der Waals surface area (Å²) >= 11 is 0. The minimum Gasteiger partial charge on any atom is -0.360 e. The molecular weight excluding hydrogens is 302 g/mol. The Morgan fingerprint density at radius 3 is 2.54 bits per heavy atom. The average molecular weight is 327 g/mol. The van der Waals surface area contributed by atoms with Gasteiger partial charge in [0.05, 0.1) is 0 Å². The molecule has 1 aromatic heterocycles. The van der Waals surface area contributed by atoms with Crippen molar-refractivity contribution < 1.29 is 9.32 Å². The molecule has 1 fully saturated rings. The number of aryl methyl sites for hydroxylation is 1. The number of hydrogen-bond acceptors (Lipinski definition) is 4. The molecule has 24 heavy (non-hydrogen) atoms. The first-order valence-corrected chi connectivity index (χ1v) is 8.67. The molecule has 1 atom stereocenters. The number of amides is 1. The molecule has 0 unspecified atom stereocenters. The highest BCUT2D eigenvalue weighted by atomic mass is 16.5. The fourth-order valence-electron chi connectivity index (χ4n) is 3.25. The molecule has 1 heterocycles. The molecule has 1 saturated carbocycles. The number of hydrogen-bond donors (Lipinski definition) is 2. The van der Waals surface area contributed by atoms with Gasteiger partial charge >= 0.3 is 0 Å². The van der Waals surface area contributed by atoms with Crippen molar-refractivity contribution >= 4 is 11.7 Å². The number of nitrogens with zero attached hydrogens (tertiary/aromatic N) is 1. The molecule has 3 rings (SSSR count). The van der Waals surface area contributed by atoms with Gasteiger partial charge in [0.1, 0.15) is 11.8 Å². The van der Waals surface area contributed by atoms with Crippen LogP contribution in [0, 0.1) is 12.8 Å². The number of carbonyl (C=O) groups excluding carboxylic acids is 1. The Morgan fingerprint density at radius 2 is 1.92 bits per heavy atom. The third-order valence-electron chi connectivity index (χ3n) is 4.69. The van der Waals surface area contributed by atoms with E-state index in [1.54, 1.807) is 13.0 Å². The van der Waals surface area contributed by atoms with Gasteiger partial charge in [-0.3, -0.25) is 10.1 Å². The highest BCUT2D eigenvalue weighted by Gasteiger charge is 2.26. The van der Waals surface area contributed by atoms with E-state index in [0.29, 0.717) is 17.6 Å². The van der Waals surface area contributed by atoms with Gasteiger partial charge in [0, 0.05) is 12.1 Å². The van der Waals surface area contributed by atoms with Gasteiger partial charge in [-0.2, -0.15) is 0 Å². The molecule has 1 amide bonds. The largest absolute Gasteiger partial charge is 0.360 e. The van der Waals surface area contributed by atoms with Crippen molar-refractivity contribution in [2.24, 2.45) is 5.92 Å². The van der Waals surface area contributed by atoms with Crippen LogP contribution in [0.2, 0.25) is 0 Å². The maximum atomic E-state index is 12.8. The number of benzene rings is 1. The number of rotatable bonds is 5. The predicted octanol–water partition coefficient (Wildman–Crippen LogP) is 3.83. The van der Waals surface area contributed by atoms with Crippen molar-refractivity contribution in [1.29, 1.82) is 0 Å². The van der Waals surface area contributed by atoms with Crippen molar-refractivity contribution in [3.05, 3.63) is 47.7 Å². The Hall–Kier alpha value is -2.14. The van der Waals surface area contributed by atoms with Crippen molar-refractivity contribution in [2.45, 2.75) is 51.6 Å². The summed E-state index contributed by atoms with van der Waals surface area (Å²) in [5.74, 6) is 1.81. The van der Waals surface area contributed by atoms with E-state index in [9.17, 15) is 4.79 Å². The summed E-state index contributed by atoms with van der Waals surface area (Å²) in [6.45, 7) is 4.10. The number of nitrogens with one attached hydrogen (secondary N) is 2. The fourth-order valence-corrected chi connectivity index (χ4v) is 3.25. The van der Waals surface area contributed by atoms with Crippen LogP contribution in [0.25, 0.3) is 0 Å². The first kappa shape index (κ1) is 16.7. The minimum absolute atomic E-state index is 0.104. The molecule has 2 aromatic rings. The average Bonchev–Trinajstić information content (AvgIpc) is 3.00. The van der Waals surface area contributed by atoms with E-state index in [1.807, 2.05) is 30.3 Å². The summed E-state index contributed by atoms with van der Waals surface area (Å²) in [5, 5.41) is 10.3. The van der Waals surface area contributed by atoms with Crippen LogP contribution in [0.3, 0.4) is 0 Å². The fraction of sp³-hybridized carbons (Fsp3) is 0.474. The summed E-state index contributed by atoms with van der Waals surface area (Å²) in [6.07, 6.45) is 4.65. The quantitative estimate of drug-likeness (QED) is 0.876. The lowest BCUT2D eigenvalue weighted by molar-refractivity contribution is -0.118. The Morgan fingerprint density at radius 1 is 1.21 bits per heavy atom. The van der Waals surface area contributed by atoms with Gasteiger partial charge in [0.2, 0.25) is 5.91 Å². The van der Waals surface area contributed by atoms with Gasteiger partial charge in [-0.15, -0.1) is 0 Å². The maximum absolute atomic E-state index is 12.8. The van der Waals surface area contributed by atoms with Crippen molar-refractivity contribution in [1.82, 2.24) is 10.5 Å². The maximum Gasteiger partial charge on any atom is 0.247 e. The second kappa shape index (κ2) is 7.62. The first-order chi connectivity index (χ1) is 11.6. The second-order valence-electron chi connectivity index (χ2n) is 6.78. The molecule has 1 aliphatic rings. The molecule has 5 nitrogen and oxygen atoms in total. The van der Waals surface area contributed by atoms with Crippen LogP contribution in [0.5, 0.6) is 0 Å². The van der Waals surface area contributed by atoms with Gasteiger partial charge < -0.3 is 9.84 Å². The SMILES string of the molecule is Cc1cc(NC(=O)[C@@H](NC2CCC(C)CC2)c2ccccc2)no1. The van der Waals surface area contributed by atoms with Crippen molar-refractivity contribution in [3.8, 4) is 0 Å². The van der Waals surface area contributed by atoms with Gasteiger partial charge in [0.15, 0.2) is 5.82 Å². The molecule has 1 aromatic carbocycles. The smallest absolute Gasteiger partial charge is 0.247 e. The molecule has 0 bridgehead atoms. The molecule has 0 aliphatic heterocycles. The normalized spacial score (nSPS) is 22.1. The lowest BCUT2D eigenvalue weighted by Gasteiger charge is -2.30. The molecule has 128 valence electrons. The van der Waals surface area contributed by atoms with Crippen molar-refractivity contribution in [3.63, 3.8) is 0 Å². The van der Waals surface area contributed by atoms with E-state index < -0.39 is 0 Å². The zero-order valence-electron chi connectivity index (χ0n) is 14.3. The Labute approximate surface area is 142 Å². The van der Waals surface area contributed by atoms with E-state index in [4.69, 9.17) is 4.52 Å². The van der Waals surface area contributed by atoms with Gasteiger partial charge in [-0.1, -0.05) is 42.4 Å². The van der Waals surface area contributed by atoms with E-state index >= 15 is 0 Å². The van der Waals surface area contributed by atoms with Gasteiger partial charge in [-0.05, 0) is 44.1 Å². The molecular formula is C19H25N3O2. The van der Waals surface area contributed by atoms with E-state index in [-0.39, 0.29) is 11.9 Å². The predicted molar refractivity (Wildman–Crippen MR) is 93.6 cm³/mol. The summed E-state index contributed by atoms with van der Waals surface area (Å²) < 4.78 is 5.03. The van der Waals surface area contributed by atoms with Gasteiger partial charge in [-0.25, -0.2) is 0 Å². The number of anilines is 1. The highest BCUT2D eigenvalue weighted by molar-refractivity contribution is 5.94. The third kappa shape index (κ3) is 4.23. The molecule has 0 spiro atoms. The number of carbonyl (C=O) groups is 1. The molecule has 1 aliphatic carbocycles. The lowest BCUT2D eigenvalue weighted by atomic mass is 9.86. The summed E-state index contributed by atoms with van der Waals surface area (Å²) in [5.41, 5.74) is 0.967. The van der Waals surface area contributed by atoms with Crippen LogP contribution in [-0.2, 0) is 4.79 Å². The molecule has 5 heteroatoms.